The van der Waals surface area contributed by atoms with Crippen LogP contribution in [0.4, 0.5) is 0 Å². The van der Waals surface area contributed by atoms with E-state index in [9.17, 15) is 9.59 Å². The van der Waals surface area contributed by atoms with E-state index in [-0.39, 0.29) is 18.4 Å². The summed E-state index contributed by atoms with van der Waals surface area (Å²) in [5.74, 6) is -0.0380. The molecule has 0 fully saturated rings. The smallest absolute Gasteiger partial charge is 0.261 e. The molecular formula is C22H17NO3. The minimum atomic E-state index is -0.333. The van der Waals surface area contributed by atoms with Gasteiger partial charge in [-0.1, -0.05) is 48.5 Å². The van der Waals surface area contributed by atoms with Gasteiger partial charge in [0.05, 0.1) is 13.7 Å². The van der Waals surface area contributed by atoms with Crippen LogP contribution in [-0.4, -0.2) is 23.8 Å². The first-order chi connectivity index (χ1) is 12.7. The molecule has 3 aromatic rings. The van der Waals surface area contributed by atoms with Crippen molar-refractivity contribution in [1.82, 2.24) is 4.90 Å². The van der Waals surface area contributed by atoms with Crippen molar-refractivity contribution in [1.29, 1.82) is 0 Å². The summed E-state index contributed by atoms with van der Waals surface area (Å²) in [4.78, 5) is 27.6. The first-order valence-corrected chi connectivity index (χ1v) is 8.36. The van der Waals surface area contributed by atoms with Crippen molar-refractivity contribution < 1.29 is 14.3 Å². The molecule has 4 heteroatoms. The molecule has 26 heavy (non-hydrogen) atoms. The molecule has 1 heterocycles. The molecular weight excluding hydrogens is 326 g/mol. The number of nitrogens with zero attached hydrogens (tertiary/aromatic N) is 1. The number of amides is 2. The van der Waals surface area contributed by atoms with Gasteiger partial charge in [0.1, 0.15) is 5.75 Å². The van der Waals surface area contributed by atoms with Crippen LogP contribution >= 0.6 is 0 Å². The summed E-state index contributed by atoms with van der Waals surface area (Å²) in [5, 5.41) is 0. The molecule has 0 unspecified atom stereocenters. The van der Waals surface area contributed by atoms with E-state index in [4.69, 9.17) is 4.74 Å². The van der Waals surface area contributed by atoms with Crippen molar-refractivity contribution in [2.75, 3.05) is 7.11 Å². The second kappa shape index (κ2) is 6.48. The van der Waals surface area contributed by atoms with E-state index in [1.807, 2.05) is 42.5 Å². The first kappa shape index (κ1) is 16.1. The van der Waals surface area contributed by atoms with Crippen LogP contribution in [0, 0.1) is 0 Å². The highest BCUT2D eigenvalue weighted by Gasteiger charge is 2.30. The van der Waals surface area contributed by atoms with Crippen LogP contribution in [0.15, 0.2) is 72.8 Å². The molecule has 128 valence electrons. The molecule has 0 spiro atoms. The fraction of sp³-hybridized carbons (Fsp3) is 0.0909. The zero-order valence-corrected chi connectivity index (χ0v) is 14.3. The lowest BCUT2D eigenvalue weighted by molar-refractivity contribution is 0.0606. The standard InChI is InChI=1S/C22H17NO3/c1-26-17-9-6-8-15(13-17)21(24)23-14-16-7-2-3-10-18(16)19-11-4-5-12-20(19)22(23)25/h2-13H,14H2,1H3. The van der Waals surface area contributed by atoms with Gasteiger partial charge in [0.25, 0.3) is 11.8 Å². The summed E-state index contributed by atoms with van der Waals surface area (Å²) in [6.45, 7) is 0.236. The maximum Gasteiger partial charge on any atom is 0.261 e. The summed E-state index contributed by atoms with van der Waals surface area (Å²) in [6.07, 6.45) is 0. The third-order valence-electron chi connectivity index (χ3n) is 4.60. The minimum absolute atomic E-state index is 0.236. The predicted octanol–water partition coefficient (Wildman–Crippen LogP) is 4.16. The second-order valence-electron chi connectivity index (χ2n) is 6.13. The number of carbonyl (C=O) groups is 2. The van der Waals surface area contributed by atoms with E-state index in [2.05, 4.69) is 0 Å². The van der Waals surface area contributed by atoms with Gasteiger partial charge < -0.3 is 4.74 Å². The summed E-state index contributed by atoms with van der Waals surface area (Å²) >= 11 is 0. The van der Waals surface area contributed by atoms with Crippen LogP contribution in [0.1, 0.15) is 26.3 Å². The Bertz CT molecular complexity index is 1010. The summed E-state index contributed by atoms with van der Waals surface area (Å²) in [6, 6.07) is 22.1. The Hall–Kier alpha value is -3.40. The highest BCUT2D eigenvalue weighted by molar-refractivity contribution is 6.13. The average Bonchev–Trinajstić information content (AvgIpc) is 2.83. The molecule has 2 amide bonds. The monoisotopic (exact) mass is 343 g/mol. The van der Waals surface area contributed by atoms with E-state index in [0.29, 0.717) is 16.9 Å². The highest BCUT2D eigenvalue weighted by Crippen LogP contribution is 2.33. The number of methoxy groups -OCH3 is 1. The number of fused-ring (bicyclic) bond motifs is 3. The Kier molecular flexibility index (Phi) is 4.01. The molecule has 1 aliphatic rings. The Morgan fingerprint density at radius 3 is 2.35 bits per heavy atom. The van der Waals surface area contributed by atoms with Crippen molar-refractivity contribution in [3.63, 3.8) is 0 Å². The quantitative estimate of drug-likeness (QED) is 0.657. The fourth-order valence-electron chi connectivity index (χ4n) is 3.29. The maximum absolute atomic E-state index is 13.1. The molecule has 3 aromatic carbocycles. The largest absolute Gasteiger partial charge is 0.497 e. The van der Waals surface area contributed by atoms with E-state index in [1.165, 1.54) is 4.90 Å². The van der Waals surface area contributed by atoms with Crippen molar-refractivity contribution in [3.8, 4) is 16.9 Å². The normalized spacial score (nSPS) is 12.8. The van der Waals surface area contributed by atoms with Crippen LogP contribution in [0.5, 0.6) is 5.75 Å². The topological polar surface area (TPSA) is 46.6 Å². The Morgan fingerprint density at radius 2 is 1.58 bits per heavy atom. The molecule has 0 atom stereocenters. The summed E-state index contributed by atoms with van der Waals surface area (Å²) < 4.78 is 5.20. The lowest BCUT2D eigenvalue weighted by Gasteiger charge is -2.20. The molecule has 0 bridgehead atoms. The molecule has 1 aliphatic heterocycles. The molecule has 0 N–H and O–H groups in total. The first-order valence-electron chi connectivity index (χ1n) is 8.36. The number of ether oxygens (including phenoxy) is 1. The van der Waals surface area contributed by atoms with E-state index in [0.717, 1.165) is 16.7 Å². The fourth-order valence-corrected chi connectivity index (χ4v) is 3.29. The highest BCUT2D eigenvalue weighted by atomic mass is 16.5. The lowest BCUT2D eigenvalue weighted by Crippen LogP contribution is -2.35. The number of benzene rings is 3. The van der Waals surface area contributed by atoms with Crippen LogP contribution in [0.25, 0.3) is 11.1 Å². The Labute approximate surface area is 151 Å². The van der Waals surface area contributed by atoms with Crippen LogP contribution in [0.2, 0.25) is 0 Å². The third kappa shape index (κ3) is 2.65. The average molecular weight is 343 g/mol. The molecule has 0 saturated carbocycles. The van der Waals surface area contributed by atoms with Crippen LogP contribution < -0.4 is 4.74 Å². The molecule has 0 aliphatic carbocycles. The van der Waals surface area contributed by atoms with Crippen molar-refractivity contribution >= 4 is 11.8 Å². The zero-order valence-electron chi connectivity index (χ0n) is 14.3. The van der Waals surface area contributed by atoms with Gasteiger partial charge in [-0.05, 0) is 41.0 Å². The van der Waals surface area contributed by atoms with E-state index in [1.54, 1.807) is 37.4 Å². The lowest BCUT2D eigenvalue weighted by atomic mass is 9.97. The summed E-state index contributed by atoms with van der Waals surface area (Å²) in [7, 11) is 1.55. The van der Waals surface area contributed by atoms with Gasteiger partial charge in [0.2, 0.25) is 0 Å². The second-order valence-corrected chi connectivity index (χ2v) is 6.13. The van der Waals surface area contributed by atoms with Gasteiger partial charge in [-0.15, -0.1) is 0 Å². The van der Waals surface area contributed by atoms with Crippen molar-refractivity contribution in [3.05, 3.63) is 89.5 Å². The van der Waals surface area contributed by atoms with Gasteiger partial charge >= 0.3 is 0 Å². The van der Waals surface area contributed by atoms with E-state index < -0.39 is 0 Å². The molecule has 0 aromatic heterocycles. The molecule has 4 nitrogen and oxygen atoms in total. The molecule has 4 rings (SSSR count). The summed E-state index contributed by atoms with van der Waals surface area (Å²) in [5.41, 5.74) is 3.75. The maximum atomic E-state index is 13.1. The van der Waals surface area contributed by atoms with Gasteiger partial charge in [0.15, 0.2) is 0 Å². The van der Waals surface area contributed by atoms with Gasteiger partial charge in [-0.2, -0.15) is 0 Å². The van der Waals surface area contributed by atoms with Gasteiger partial charge in [-0.3, -0.25) is 14.5 Å². The molecule has 0 radical (unpaired) electrons. The van der Waals surface area contributed by atoms with Gasteiger partial charge in [0, 0.05) is 11.1 Å². The van der Waals surface area contributed by atoms with E-state index >= 15 is 0 Å². The number of imide groups is 1. The Balaban J connectivity index is 1.83. The number of hydrogen-bond donors (Lipinski definition) is 0. The zero-order chi connectivity index (χ0) is 18.1. The minimum Gasteiger partial charge on any atom is -0.497 e. The number of hydrogen-bond acceptors (Lipinski definition) is 3. The van der Waals surface area contributed by atoms with Crippen molar-refractivity contribution in [2.24, 2.45) is 0 Å². The number of rotatable bonds is 2. The van der Waals surface area contributed by atoms with Crippen LogP contribution in [0.3, 0.4) is 0 Å². The SMILES string of the molecule is COc1cccc(C(=O)N2Cc3ccccc3-c3ccccc3C2=O)c1. The third-order valence-corrected chi connectivity index (χ3v) is 4.60. The molecule has 0 saturated heterocycles. The van der Waals surface area contributed by atoms with Crippen LogP contribution in [-0.2, 0) is 6.54 Å². The van der Waals surface area contributed by atoms with Crippen molar-refractivity contribution in [2.45, 2.75) is 6.54 Å². The van der Waals surface area contributed by atoms with Gasteiger partial charge in [-0.25, -0.2) is 0 Å². The Morgan fingerprint density at radius 1 is 0.885 bits per heavy atom. The predicted molar refractivity (Wildman–Crippen MR) is 99.1 cm³/mol. The number of carbonyl (C=O) groups excluding carboxylic acids is 2.